The van der Waals surface area contributed by atoms with Gasteiger partial charge < -0.3 is 4.57 Å². The van der Waals surface area contributed by atoms with E-state index in [-0.39, 0.29) is 5.82 Å². The Balaban J connectivity index is 1.96. The maximum atomic E-state index is 14.2. The summed E-state index contributed by atoms with van der Waals surface area (Å²) in [4.78, 5) is 9.55. The minimum absolute atomic E-state index is 0.256. The maximum absolute atomic E-state index is 14.2. The molecule has 2 heterocycles. The van der Waals surface area contributed by atoms with Crippen LogP contribution in [0.5, 0.6) is 0 Å². The van der Waals surface area contributed by atoms with E-state index in [2.05, 4.69) is 23.4 Å². The van der Waals surface area contributed by atoms with Crippen LogP contribution in [-0.2, 0) is 6.42 Å². The average Bonchev–Trinajstić information content (AvgIpc) is 3.39. The first-order valence-electron chi connectivity index (χ1n) is 9.36. The van der Waals surface area contributed by atoms with Gasteiger partial charge in [0.05, 0.1) is 0 Å². The number of benzene rings is 1. The smallest absolute Gasteiger partial charge is 0.160 e. The lowest BCUT2D eigenvalue weighted by atomic mass is 10.0. The molecule has 0 spiro atoms. The Labute approximate surface area is 158 Å². The van der Waals surface area contributed by atoms with Gasteiger partial charge in [-0.25, -0.2) is 14.4 Å². The predicted octanol–water partition coefficient (Wildman–Crippen LogP) is 6.12. The van der Waals surface area contributed by atoms with E-state index in [1.807, 2.05) is 6.07 Å². The summed E-state index contributed by atoms with van der Waals surface area (Å²) in [6.45, 7) is 6.07. The number of nitrogens with zero attached hydrogens (tertiary/aromatic N) is 3. The summed E-state index contributed by atoms with van der Waals surface area (Å²) in [5.41, 5.74) is 3.76. The number of hydrogen-bond acceptors (Lipinski definition) is 2. The number of imidazole rings is 1. The molecule has 1 aliphatic carbocycles. The molecule has 4 rings (SSSR count). The third kappa shape index (κ3) is 2.81. The molecule has 1 unspecified atom stereocenters. The van der Waals surface area contributed by atoms with Crippen molar-refractivity contribution in [2.75, 3.05) is 0 Å². The first-order valence-corrected chi connectivity index (χ1v) is 9.74. The van der Waals surface area contributed by atoms with Crippen molar-refractivity contribution < 1.29 is 4.39 Å². The van der Waals surface area contributed by atoms with Gasteiger partial charge in [-0.05, 0) is 55.9 Å². The second-order valence-electron chi connectivity index (χ2n) is 7.18. The second-order valence-corrected chi connectivity index (χ2v) is 7.58. The molecule has 1 aromatic carbocycles. The van der Waals surface area contributed by atoms with Crippen LogP contribution < -0.4 is 0 Å². The van der Waals surface area contributed by atoms with Crippen LogP contribution in [0.4, 0.5) is 4.39 Å². The van der Waals surface area contributed by atoms with Gasteiger partial charge in [0.2, 0.25) is 0 Å². The lowest BCUT2D eigenvalue weighted by molar-refractivity contribution is 0.427. The molecule has 0 radical (unpaired) electrons. The second kappa shape index (κ2) is 6.66. The molecule has 0 saturated heterocycles. The van der Waals surface area contributed by atoms with E-state index in [1.165, 1.54) is 18.9 Å². The van der Waals surface area contributed by atoms with Crippen LogP contribution in [0.2, 0.25) is 5.02 Å². The molecule has 1 aliphatic rings. The van der Waals surface area contributed by atoms with Crippen molar-refractivity contribution in [3.8, 4) is 11.1 Å². The fourth-order valence-electron chi connectivity index (χ4n) is 3.91. The van der Waals surface area contributed by atoms with Gasteiger partial charge in [-0.15, -0.1) is 0 Å². The zero-order valence-corrected chi connectivity index (χ0v) is 16.1. The van der Waals surface area contributed by atoms with E-state index < -0.39 is 0 Å². The van der Waals surface area contributed by atoms with Crippen molar-refractivity contribution in [1.82, 2.24) is 14.5 Å². The highest BCUT2D eigenvalue weighted by Crippen LogP contribution is 2.44. The Bertz CT molecular complexity index is 975. The van der Waals surface area contributed by atoms with Crippen LogP contribution in [-0.4, -0.2) is 14.5 Å². The van der Waals surface area contributed by atoms with E-state index in [0.717, 1.165) is 35.4 Å². The zero-order valence-electron chi connectivity index (χ0n) is 15.4. The highest BCUT2D eigenvalue weighted by atomic mass is 35.5. The number of aryl methyl sites for hydroxylation is 2. The molecule has 5 heteroatoms. The molecule has 136 valence electrons. The summed E-state index contributed by atoms with van der Waals surface area (Å²) in [6.07, 6.45) is 6.24. The summed E-state index contributed by atoms with van der Waals surface area (Å²) in [7, 11) is 0. The summed E-state index contributed by atoms with van der Waals surface area (Å²) >= 11 is 6.45. The van der Waals surface area contributed by atoms with Gasteiger partial charge in [0.15, 0.2) is 5.65 Å². The number of halogens is 2. The largest absolute Gasteiger partial charge is 0.309 e. The molecule has 1 atom stereocenters. The molecule has 2 aromatic heterocycles. The Kier molecular flexibility index (Phi) is 4.47. The van der Waals surface area contributed by atoms with Crippen molar-refractivity contribution in [2.45, 2.75) is 52.5 Å². The molecule has 3 nitrogen and oxygen atoms in total. The standard InChI is InChI=1S/C21H23ClFN3/c1-4-18(13-6-7-13)26-19(5-2)25-20-14(8-9-24-21(20)26)15-11-17(23)12(3)10-16(15)22/h8-11,13,18H,4-7H2,1-3H3. The van der Waals surface area contributed by atoms with Crippen molar-refractivity contribution in [3.05, 3.63) is 46.6 Å². The Morgan fingerprint density at radius 2 is 2.04 bits per heavy atom. The van der Waals surface area contributed by atoms with Crippen LogP contribution in [0.15, 0.2) is 24.4 Å². The normalized spacial score (nSPS) is 15.6. The zero-order chi connectivity index (χ0) is 18.4. The van der Waals surface area contributed by atoms with Gasteiger partial charge in [0.25, 0.3) is 0 Å². The maximum Gasteiger partial charge on any atom is 0.160 e. The number of hydrogen-bond donors (Lipinski definition) is 0. The molecule has 1 fully saturated rings. The van der Waals surface area contributed by atoms with Gasteiger partial charge in [-0.1, -0.05) is 25.4 Å². The average molecular weight is 372 g/mol. The van der Waals surface area contributed by atoms with Crippen LogP contribution in [0, 0.1) is 18.7 Å². The molecule has 0 aliphatic heterocycles. The summed E-state index contributed by atoms with van der Waals surface area (Å²) in [5, 5.41) is 0.540. The van der Waals surface area contributed by atoms with Crippen molar-refractivity contribution in [1.29, 1.82) is 0 Å². The van der Waals surface area contributed by atoms with Gasteiger partial charge in [-0.2, -0.15) is 0 Å². The van der Waals surface area contributed by atoms with Gasteiger partial charge in [0, 0.05) is 34.8 Å². The fourth-order valence-corrected chi connectivity index (χ4v) is 4.23. The van der Waals surface area contributed by atoms with E-state index in [9.17, 15) is 4.39 Å². The molecule has 3 aromatic rings. The first kappa shape index (κ1) is 17.5. The number of pyridine rings is 1. The van der Waals surface area contributed by atoms with Crippen LogP contribution in [0.3, 0.4) is 0 Å². The third-order valence-corrected chi connectivity index (χ3v) is 5.74. The summed E-state index contributed by atoms with van der Waals surface area (Å²) in [6, 6.07) is 5.50. The molecule has 0 amide bonds. The molecular formula is C21H23ClFN3. The topological polar surface area (TPSA) is 30.7 Å². The summed E-state index contributed by atoms with van der Waals surface area (Å²) < 4.78 is 16.5. The van der Waals surface area contributed by atoms with E-state index in [4.69, 9.17) is 16.6 Å². The molecular weight excluding hydrogens is 349 g/mol. The van der Waals surface area contributed by atoms with Crippen molar-refractivity contribution in [2.24, 2.45) is 5.92 Å². The molecule has 0 N–H and O–H groups in total. The number of fused-ring (bicyclic) bond motifs is 1. The highest BCUT2D eigenvalue weighted by Gasteiger charge is 2.34. The van der Waals surface area contributed by atoms with Crippen LogP contribution in [0.1, 0.15) is 50.5 Å². The lowest BCUT2D eigenvalue weighted by Crippen LogP contribution is -2.13. The summed E-state index contributed by atoms with van der Waals surface area (Å²) in [5.74, 6) is 1.50. The SMILES string of the molecule is CCc1nc2c(-c3cc(F)c(C)cc3Cl)ccnc2n1C(CC)C1CC1. The number of rotatable bonds is 5. The Morgan fingerprint density at radius 3 is 2.69 bits per heavy atom. The minimum atomic E-state index is -0.256. The predicted molar refractivity (Wildman–Crippen MR) is 104 cm³/mol. The Hall–Kier alpha value is -1.94. The highest BCUT2D eigenvalue weighted by molar-refractivity contribution is 6.33. The third-order valence-electron chi connectivity index (χ3n) is 5.42. The molecule has 0 bridgehead atoms. The van der Waals surface area contributed by atoms with E-state index in [0.29, 0.717) is 28.1 Å². The lowest BCUT2D eigenvalue weighted by Gasteiger charge is -2.19. The van der Waals surface area contributed by atoms with E-state index in [1.54, 1.807) is 19.2 Å². The Morgan fingerprint density at radius 1 is 1.27 bits per heavy atom. The fraction of sp³-hybridized carbons (Fsp3) is 0.429. The van der Waals surface area contributed by atoms with Crippen LogP contribution in [0.25, 0.3) is 22.3 Å². The van der Waals surface area contributed by atoms with Crippen LogP contribution >= 0.6 is 11.6 Å². The monoisotopic (exact) mass is 371 g/mol. The molecule has 26 heavy (non-hydrogen) atoms. The number of aromatic nitrogens is 3. The first-order chi connectivity index (χ1) is 12.5. The molecule has 1 saturated carbocycles. The van der Waals surface area contributed by atoms with Crippen molar-refractivity contribution in [3.63, 3.8) is 0 Å². The minimum Gasteiger partial charge on any atom is -0.309 e. The van der Waals surface area contributed by atoms with Gasteiger partial charge in [0.1, 0.15) is 17.2 Å². The quantitative estimate of drug-likeness (QED) is 0.540. The van der Waals surface area contributed by atoms with Gasteiger partial charge >= 0.3 is 0 Å². The van der Waals surface area contributed by atoms with Gasteiger partial charge in [-0.3, -0.25) is 0 Å². The van der Waals surface area contributed by atoms with Crippen molar-refractivity contribution >= 4 is 22.8 Å². The van der Waals surface area contributed by atoms with E-state index >= 15 is 0 Å².